The van der Waals surface area contributed by atoms with Crippen molar-refractivity contribution in [3.05, 3.63) is 17.7 Å². The maximum Gasteiger partial charge on any atom is 0.128 e. The molecule has 1 saturated heterocycles. The summed E-state index contributed by atoms with van der Waals surface area (Å²) in [7, 11) is 0. The zero-order valence-corrected chi connectivity index (χ0v) is 14.0. The minimum Gasteiger partial charge on any atom is -0.393 e. The fourth-order valence-electron chi connectivity index (χ4n) is 3.75. The Hall–Kier alpha value is -1.37. The highest BCUT2D eigenvalue weighted by Gasteiger charge is 2.24. The molecule has 6 heteroatoms. The minimum absolute atomic E-state index is 0.190. The molecule has 23 heavy (non-hydrogen) atoms. The summed E-state index contributed by atoms with van der Waals surface area (Å²) in [5.41, 5.74) is 7.14. The smallest absolute Gasteiger partial charge is 0.128 e. The van der Waals surface area contributed by atoms with E-state index in [0.29, 0.717) is 5.82 Å². The topological polar surface area (TPSA) is 83.6 Å². The Morgan fingerprint density at radius 3 is 2.70 bits per heavy atom. The van der Waals surface area contributed by atoms with E-state index in [1.165, 1.54) is 5.56 Å². The van der Waals surface area contributed by atoms with Crippen LogP contribution in [0, 0.1) is 0 Å². The number of nitrogens with zero attached hydrogens (tertiary/aromatic N) is 2. The summed E-state index contributed by atoms with van der Waals surface area (Å²) >= 11 is 0. The molecular formula is C17H28N4O2. The number of ether oxygens (including phenoxy) is 1. The molecule has 4 atom stereocenters. The molecule has 3 rings (SSSR count). The first kappa shape index (κ1) is 16.5. The number of aliphatic hydroxyl groups excluding tert-OH is 1. The molecule has 0 unspecified atom stereocenters. The number of hydrogen-bond donors (Lipinski definition) is 3. The van der Waals surface area contributed by atoms with Crippen LogP contribution in [0.25, 0.3) is 0 Å². The van der Waals surface area contributed by atoms with Crippen LogP contribution in [0.5, 0.6) is 0 Å². The standard InChI is InChI=1S/C17H28N4O2/c1-11-8-21(9-12(2)23-11)10-13-5-16(18)20-17(6-13)19-14-3-4-15(22)7-14/h5-6,11-12,14-15,22H,3-4,7-10H2,1-2H3,(H3,18,19,20)/t11-,12+,14-,15-/m0/s1. The molecule has 2 fully saturated rings. The van der Waals surface area contributed by atoms with Gasteiger partial charge in [-0.1, -0.05) is 0 Å². The normalized spacial score (nSPS) is 32.1. The van der Waals surface area contributed by atoms with Gasteiger partial charge in [-0.3, -0.25) is 4.90 Å². The summed E-state index contributed by atoms with van der Waals surface area (Å²) in [4.78, 5) is 6.79. The summed E-state index contributed by atoms with van der Waals surface area (Å²) in [6.07, 6.45) is 2.95. The molecule has 1 saturated carbocycles. The van der Waals surface area contributed by atoms with Gasteiger partial charge in [-0.15, -0.1) is 0 Å². The molecule has 0 spiro atoms. The van der Waals surface area contributed by atoms with E-state index < -0.39 is 0 Å². The van der Waals surface area contributed by atoms with Gasteiger partial charge in [-0.2, -0.15) is 0 Å². The van der Waals surface area contributed by atoms with Crippen molar-refractivity contribution in [3.8, 4) is 0 Å². The SMILES string of the molecule is C[C@@H]1CN(Cc2cc(N)nc(N[C@H]3CC[C@H](O)C3)c2)C[C@H](C)O1. The Morgan fingerprint density at radius 1 is 1.30 bits per heavy atom. The van der Waals surface area contributed by atoms with Gasteiger partial charge in [0, 0.05) is 25.7 Å². The van der Waals surface area contributed by atoms with Gasteiger partial charge in [0.05, 0.1) is 18.3 Å². The van der Waals surface area contributed by atoms with Gasteiger partial charge in [-0.05, 0) is 50.8 Å². The Kier molecular flexibility index (Phi) is 5.04. The minimum atomic E-state index is -0.190. The maximum atomic E-state index is 9.65. The lowest BCUT2D eigenvalue weighted by molar-refractivity contribution is -0.0704. The van der Waals surface area contributed by atoms with Gasteiger partial charge >= 0.3 is 0 Å². The third-order valence-corrected chi connectivity index (χ3v) is 4.56. The molecule has 1 aromatic rings. The molecule has 6 nitrogen and oxygen atoms in total. The number of hydrogen-bond acceptors (Lipinski definition) is 6. The first-order valence-corrected chi connectivity index (χ1v) is 8.57. The van der Waals surface area contributed by atoms with Crippen molar-refractivity contribution < 1.29 is 9.84 Å². The van der Waals surface area contributed by atoms with Crippen LogP contribution in [-0.2, 0) is 11.3 Å². The van der Waals surface area contributed by atoms with Gasteiger partial charge in [0.2, 0.25) is 0 Å². The number of nitrogen functional groups attached to an aromatic ring is 1. The van der Waals surface area contributed by atoms with E-state index in [4.69, 9.17) is 10.5 Å². The molecule has 2 aliphatic rings. The largest absolute Gasteiger partial charge is 0.393 e. The lowest BCUT2D eigenvalue weighted by Crippen LogP contribution is -2.44. The number of nitrogens with one attached hydrogen (secondary N) is 1. The molecule has 0 aromatic carbocycles. The molecule has 2 heterocycles. The lowest BCUT2D eigenvalue weighted by Gasteiger charge is -2.35. The van der Waals surface area contributed by atoms with Gasteiger partial charge in [-0.25, -0.2) is 4.98 Å². The van der Waals surface area contributed by atoms with Gasteiger partial charge in [0.15, 0.2) is 0 Å². The van der Waals surface area contributed by atoms with Gasteiger partial charge < -0.3 is 20.9 Å². The first-order chi connectivity index (χ1) is 11.0. The van der Waals surface area contributed by atoms with Crippen molar-refractivity contribution in [3.63, 3.8) is 0 Å². The van der Waals surface area contributed by atoms with Crippen LogP contribution in [0.1, 0.15) is 38.7 Å². The first-order valence-electron chi connectivity index (χ1n) is 8.57. The third kappa shape index (κ3) is 4.56. The van der Waals surface area contributed by atoms with E-state index in [1.807, 2.05) is 6.07 Å². The summed E-state index contributed by atoms with van der Waals surface area (Å²) < 4.78 is 5.79. The Bertz CT molecular complexity index is 529. The molecular weight excluding hydrogens is 292 g/mol. The number of aliphatic hydroxyl groups is 1. The Labute approximate surface area is 138 Å². The number of nitrogens with two attached hydrogens (primary N) is 1. The second-order valence-corrected chi connectivity index (χ2v) is 7.05. The zero-order valence-electron chi connectivity index (χ0n) is 14.0. The molecule has 128 valence electrons. The summed E-state index contributed by atoms with van der Waals surface area (Å²) in [6, 6.07) is 4.31. The van der Waals surface area contributed by atoms with Crippen molar-refractivity contribution in [1.82, 2.24) is 9.88 Å². The molecule has 4 N–H and O–H groups in total. The van der Waals surface area contributed by atoms with Crippen molar-refractivity contribution >= 4 is 11.6 Å². The monoisotopic (exact) mass is 320 g/mol. The van der Waals surface area contributed by atoms with E-state index in [1.54, 1.807) is 0 Å². The van der Waals surface area contributed by atoms with Gasteiger partial charge in [0.1, 0.15) is 11.6 Å². The number of aromatic nitrogens is 1. The van der Waals surface area contributed by atoms with Crippen LogP contribution < -0.4 is 11.1 Å². The van der Waals surface area contributed by atoms with Crippen molar-refractivity contribution in [1.29, 1.82) is 0 Å². The van der Waals surface area contributed by atoms with Crippen molar-refractivity contribution in [2.75, 3.05) is 24.1 Å². The number of morpholine rings is 1. The Morgan fingerprint density at radius 2 is 2.04 bits per heavy atom. The molecule has 1 aliphatic carbocycles. The third-order valence-electron chi connectivity index (χ3n) is 4.56. The average Bonchev–Trinajstić information content (AvgIpc) is 2.82. The maximum absolute atomic E-state index is 9.65. The highest BCUT2D eigenvalue weighted by atomic mass is 16.5. The molecule has 1 aliphatic heterocycles. The quantitative estimate of drug-likeness (QED) is 0.781. The fourth-order valence-corrected chi connectivity index (χ4v) is 3.75. The zero-order chi connectivity index (χ0) is 16.4. The van der Waals surface area contributed by atoms with Crippen LogP contribution >= 0.6 is 0 Å². The second kappa shape index (κ2) is 7.03. The van der Waals surface area contributed by atoms with Gasteiger partial charge in [0.25, 0.3) is 0 Å². The highest BCUT2D eigenvalue weighted by Crippen LogP contribution is 2.24. The Balaban J connectivity index is 1.65. The highest BCUT2D eigenvalue weighted by molar-refractivity contribution is 5.47. The van der Waals surface area contributed by atoms with Crippen molar-refractivity contribution in [2.45, 2.75) is 64.0 Å². The lowest BCUT2D eigenvalue weighted by atomic mass is 10.1. The molecule has 0 bridgehead atoms. The number of anilines is 2. The van der Waals surface area contributed by atoms with E-state index >= 15 is 0 Å². The molecule has 0 amide bonds. The number of rotatable bonds is 4. The van der Waals surface area contributed by atoms with E-state index in [2.05, 4.69) is 35.1 Å². The number of pyridine rings is 1. The predicted octanol–water partition coefficient (Wildman–Crippen LogP) is 1.60. The second-order valence-electron chi connectivity index (χ2n) is 7.05. The summed E-state index contributed by atoms with van der Waals surface area (Å²) in [5, 5.41) is 13.1. The average molecular weight is 320 g/mol. The van der Waals surface area contributed by atoms with E-state index in [-0.39, 0.29) is 24.4 Å². The van der Waals surface area contributed by atoms with Crippen molar-refractivity contribution in [2.24, 2.45) is 0 Å². The summed E-state index contributed by atoms with van der Waals surface area (Å²) in [6.45, 7) is 6.95. The van der Waals surface area contributed by atoms with Crippen LogP contribution in [0.4, 0.5) is 11.6 Å². The van der Waals surface area contributed by atoms with E-state index in [9.17, 15) is 5.11 Å². The molecule has 1 aromatic heterocycles. The van der Waals surface area contributed by atoms with Crippen LogP contribution in [-0.4, -0.2) is 52.4 Å². The van der Waals surface area contributed by atoms with Crippen LogP contribution in [0.2, 0.25) is 0 Å². The summed E-state index contributed by atoms with van der Waals surface area (Å²) in [5.74, 6) is 1.35. The fraction of sp³-hybridized carbons (Fsp3) is 0.706. The molecule has 0 radical (unpaired) electrons. The van der Waals surface area contributed by atoms with E-state index in [0.717, 1.165) is 44.7 Å². The predicted molar refractivity (Wildman–Crippen MR) is 91.2 cm³/mol. The van der Waals surface area contributed by atoms with Crippen LogP contribution in [0.15, 0.2) is 12.1 Å². The van der Waals surface area contributed by atoms with Crippen LogP contribution in [0.3, 0.4) is 0 Å².